The minimum atomic E-state index is -4.02. The van der Waals surface area contributed by atoms with Gasteiger partial charge in [0.15, 0.2) is 0 Å². The van der Waals surface area contributed by atoms with Crippen LogP contribution in [0.4, 0.5) is 0 Å². The summed E-state index contributed by atoms with van der Waals surface area (Å²) in [6.07, 6.45) is 9.32. The predicted molar refractivity (Wildman–Crippen MR) is 126 cm³/mol. The van der Waals surface area contributed by atoms with Crippen LogP contribution in [0.15, 0.2) is 47.2 Å². The molecule has 2 aromatic heterocycles. The van der Waals surface area contributed by atoms with E-state index in [9.17, 15) is 13.2 Å². The second-order valence-corrected chi connectivity index (χ2v) is 10.5. The molecule has 172 valence electrons. The van der Waals surface area contributed by atoms with Gasteiger partial charge in [0, 0.05) is 29.4 Å². The number of benzene rings is 1. The molecule has 0 spiro atoms. The van der Waals surface area contributed by atoms with E-state index in [4.69, 9.17) is 9.88 Å². The van der Waals surface area contributed by atoms with Gasteiger partial charge < -0.3 is 9.30 Å². The minimum absolute atomic E-state index is 0.00778. The summed E-state index contributed by atoms with van der Waals surface area (Å²) >= 11 is 1.08. The number of nitrogens with two attached hydrogens (primary N) is 1. The second kappa shape index (κ2) is 10.9. The molecule has 7 nitrogen and oxygen atoms in total. The smallest absolute Gasteiger partial charge is 0.339 e. The number of carbonyl (C=O) groups excluding carboxylic acids is 1. The van der Waals surface area contributed by atoms with Crippen LogP contribution in [0.5, 0.6) is 0 Å². The van der Waals surface area contributed by atoms with Crippen LogP contribution < -0.4 is 5.14 Å². The van der Waals surface area contributed by atoms with Crippen molar-refractivity contribution in [3.63, 3.8) is 0 Å². The lowest BCUT2D eigenvalue weighted by atomic mass is 10.00. The van der Waals surface area contributed by atoms with Gasteiger partial charge in [-0.1, -0.05) is 51.0 Å². The lowest BCUT2D eigenvalue weighted by molar-refractivity contribution is 0.0500. The van der Waals surface area contributed by atoms with Crippen LogP contribution in [-0.4, -0.2) is 30.5 Å². The molecule has 0 amide bonds. The minimum Gasteiger partial charge on any atom is -0.462 e. The Morgan fingerprint density at radius 1 is 1.16 bits per heavy atom. The van der Waals surface area contributed by atoms with E-state index in [0.29, 0.717) is 41.1 Å². The molecule has 0 unspecified atom stereocenters. The molecule has 0 radical (unpaired) electrons. The van der Waals surface area contributed by atoms with Crippen molar-refractivity contribution < 1.29 is 17.9 Å². The first-order valence-electron chi connectivity index (χ1n) is 10.8. The van der Waals surface area contributed by atoms with Gasteiger partial charge in [-0.25, -0.2) is 23.3 Å². The summed E-state index contributed by atoms with van der Waals surface area (Å²) in [5.41, 5.74) is 2.33. The van der Waals surface area contributed by atoms with Crippen LogP contribution in [0, 0.1) is 0 Å². The molecule has 0 aliphatic heterocycles. The van der Waals surface area contributed by atoms with Gasteiger partial charge in [0.05, 0.1) is 18.5 Å². The molecule has 0 atom stereocenters. The third-order valence-electron chi connectivity index (χ3n) is 5.07. The van der Waals surface area contributed by atoms with E-state index in [0.717, 1.165) is 42.6 Å². The molecule has 1 aromatic carbocycles. The number of aryl methyl sites for hydroxylation is 1. The van der Waals surface area contributed by atoms with Crippen LogP contribution in [-0.2, 0) is 27.7 Å². The summed E-state index contributed by atoms with van der Waals surface area (Å²) in [5, 5.41) is 5.57. The summed E-state index contributed by atoms with van der Waals surface area (Å²) in [5.74, 6) is -0.492. The van der Waals surface area contributed by atoms with Crippen LogP contribution >= 0.6 is 11.3 Å². The molecule has 32 heavy (non-hydrogen) atoms. The Bertz CT molecular complexity index is 1130. The van der Waals surface area contributed by atoms with Crippen molar-refractivity contribution in [2.75, 3.05) is 6.61 Å². The van der Waals surface area contributed by atoms with Crippen LogP contribution in [0.2, 0.25) is 0 Å². The molecule has 0 aliphatic carbocycles. The highest BCUT2D eigenvalue weighted by molar-refractivity contribution is 7.91. The molecule has 9 heteroatoms. The van der Waals surface area contributed by atoms with E-state index in [2.05, 4.69) is 4.98 Å². The molecule has 3 aromatic rings. The third-order valence-corrected chi connectivity index (χ3v) is 7.78. The second-order valence-electron chi connectivity index (χ2n) is 7.63. The zero-order valence-electron chi connectivity index (χ0n) is 18.4. The molecule has 2 N–H and O–H groups in total. The van der Waals surface area contributed by atoms with Crippen molar-refractivity contribution in [3.8, 4) is 11.1 Å². The Kier molecular flexibility index (Phi) is 8.22. The van der Waals surface area contributed by atoms with E-state index in [-0.39, 0.29) is 4.21 Å². The highest BCUT2D eigenvalue weighted by atomic mass is 32.2. The first-order valence-corrected chi connectivity index (χ1v) is 13.1. The predicted octanol–water partition coefficient (Wildman–Crippen LogP) is 4.61. The first-order chi connectivity index (χ1) is 15.3. The normalized spacial score (nSPS) is 11.6. The number of primary sulfonamides is 1. The number of carbonyl (C=O) groups is 1. The van der Waals surface area contributed by atoms with Gasteiger partial charge >= 0.3 is 5.97 Å². The van der Waals surface area contributed by atoms with Gasteiger partial charge in [-0.15, -0.1) is 11.3 Å². The number of ether oxygens (including phenoxy) is 1. The molecule has 3 rings (SSSR count). The fraction of sp³-hybridized carbons (Fsp3) is 0.391. The monoisotopic (exact) mass is 475 g/mol. The number of esters is 1. The van der Waals surface area contributed by atoms with Crippen molar-refractivity contribution in [3.05, 3.63) is 59.0 Å². The van der Waals surface area contributed by atoms with Gasteiger partial charge in [-0.3, -0.25) is 0 Å². The zero-order valence-corrected chi connectivity index (χ0v) is 20.0. The number of rotatable bonds is 11. The number of aromatic nitrogens is 2. The van der Waals surface area contributed by atoms with Gasteiger partial charge in [-0.05, 0) is 30.4 Å². The van der Waals surface area contributed by atoms with E-state index >= 15 is 0 Å². The van der Waals surface area contributed by atoms with Crippen LogP contribution in [0.3, 0.4) is 0 Å². The van der Waals surface area contributed by atoms with E-state index < -0.39 is 16.0 Å². The maximum Gasteiger partial charge on any atom is 0.339 e. The summed E-state index contributed by atoms with van der Waals surface area (Å²) in [7, 11) is -4.02. The zero-order chi connectivity index (χ0) is 23.1. The average Bonchev–Trinajstić information content (AvgIpc) is 3.40. The number of nitrogens with zero attached hydrogens (tertiary/aromatic N) is 2. The number of hydrogen-bond donors (Lipinski definition) is 1. The van der Waals surface area contributed by atoms with E-state index in [1.54, 1.807) is 12.5 Å². The van der Waals surface area contributed by atoms with Gasteiger partial charge in [0.25, 0.3) is 0 Å². The summed E-state index contributed by atoms with van der Waals surface area (Å²) < 4.78 is 32.3. The third kappa shape index (κ3) is 5.85. The fourth-order valence-electron chi connectivity index (χ4n) is 3.40. The molecule has 0 fully saturated rings. The average molecular weight is 476 g/mol. The molecule has 0 bridgehead atoms. The van der Waals surface area contributed by atoms with Gasteiger partial charge in [-0.2, -0.15) is 0 Å². The highest BCUT2D eigenvalue weighted by Crippen LogP contribution is 2.40. The molecular formula is C23H29N3O4S2. The number of hydrogen-bond acceptors (Lipinski definition) is 6. The Balaban J connectivity index is 2.06. The van der Waals surface area contributed by atoms with E-state index in [1.807, 2.05) is 48.9 Å². The molecule has 2 heterocycles. The topological polar surface area (TPSA) is 104 Å². The maximum absolute atomic E-state index is 13.1. The standard InChI is InChI=1S/C23H29N3O4S2/c1-3-5-7-19-21(22(27)30-14-6-4-2)20(23(31-19)32(24,28)29)18-10-8-17(9-11-18)15-26-13-12-25-16-26/h8-13,16H,3-7,14-15H2,1-2H3,(H2,24,28,29). The SMILES string of the molecule is CCCCOC(=O)c1c(CCCC)sc(S(N)(=O)=O)c1-c1ccc(Cn2ccnc2)cc1. The molecule has 0 saturated carbocycles. The number of sulfonamides is 1. The number of unbranched alkanes of at least 4 members (excludes halogenated alkanes) is 2. The maximum atomic E-state index is 13.1. The Morgan fingerprint density at radius 3 is 2.47 bits per heavy atom. The van der Waals surface area contributed by atoms with E-state index in [1.165, 1.54) is 0 Å². The summed E-state index contributed by atoms with van der Waals surface area (Å²) in [4.78, 5) is 17.8. The van der Waals surface area contributed by atoms with Crippen molar-refractivity contribution in [2.45, 2.75) is 56.7 Å². The highest BCUT2D eigenvalue weighted by Gasteiger charge is 2.30. The van der Waals surface area contributed by atoms with Crippen molar-refractivity contribution in [2.24, 2.45) is 5.14 Å². The van der Waals surface area contributed by atoms with Crippen LogP contribution in [0.1, 0.15) is 60.3 Å². The number of thiophene rings is 1. The largest absolute Gasteiger partial charge is 0.462 e. The molecular weight excluding hydrogens is 446 g/mol. The van der Waals surface area contributed by atoms with Crippen molar-refractivity contribution in [1.82, 2.24) is 9.55 Å². The summed E-state index contributed by atoms with van der Waals surface area (Å²) in [6, 6.07) is 7.49. The fourth-order valence-corrected chi connectivity index (χ4v) is 5.75. The Morgan fingerprint density at radius 2 is 1.88 bits per heavy atom. The van der Waals surface area contributed by atoms with Crippen molar-refractivity contribution in [1.29, 1.82) is 0 Å². The Hall–Kier alpha value is -2.49. The quantitative estimate of drug-likeness (QED) is 0.322. The molecule has 0 aliphatic rings. The van der Waals surface area contributed by atoms with Gasteiger partial charge in [0.1, 0.15) is 4.21 Å². The summed E-state index contributed by atoms with van der Waals surface area (Å²) in [6.45, 7) is 5.00. The van der Waals surface area contributed by atoms with Gasteiger partial charge in [0.2, 0.25) is 10.0 Å². The lowest BCUT2D eigenvalue weighted by Gasteiger charge is -2.10. The molecule has 0 saturated heterocycles. The first kappa shape index (κ1) is 24.2. The number of imidazole rings is 1. The van der Waals surface area contributed by atoms with Crippen molar-refractivity contribution >= 4 is 27.3 Å². The lowest BCUT2D eigenvalue weighted by Crippen LogP contribution is -2.13. The Labute approximate surface area is 193 Å². The van der Waals surface area contributed by atoms with Crippen LogP contribution in [0.25, 0.3) is 11.1 Å².